The van der Waals surface area contributed by atoms with E-state index in [1.54, 1.807) is 10.9 Å². The Balaban J connectivity index is 1.08. The lowest BCUT2D eigenvalue weighted by atomic mass is 9.74. The van der Waals surface area contributed by atoms with Crippen molar-refractivity contribution in [3.05, 3.63) is 59.5 Å². The number of hydrogen-bond acceptors (Lipinski definition) is 5. The first-order valence-corrected chi connectivity index (χ1v) is 14.0. The Morgan fingerprint density at radius 1 is 1.10 bits per heavy atom. The Hall–Kier alpha value is -2.98. The number of carbonyl (C=O) groups is 1. The molecule has 0 spiro atoms. The van der Waals surface area contributed by atoms with Gasteiger partial charge in [0.2, 0.25) is 5.91 Å². The third-order valence-corrected chi connectivity index (χ3v) is 8.94. The molecule has 1 aromatic carbocycles. The molecule has 3 aromatic rings. The molecule has 7 nitrogen and oxygen atoms in total. The van der Waals surface area contributed by atoms with Crippen LogP contribution in [0.2, 0.25) is 0 Å². The molecule has 39 heavy (non-hydrogen) atoms. The molecule has 0 radical (unpaired) electrons. The van der Waals surface area contributed by atoms with E-state index in [2.05, 4.69) is 32.3 Å². The van der Waals surface area contributed by atoms with Crippen molar-refractivity contribution in [2.75, 3.05) is 0 Å². The fourth-order valence-electron chi connectivity index (χ4n) is 6.93. The lowest BCUT2D eigenvalue weighted by Gasteiger charge is -2.35. The Morgan fingerprint density at radius 2 is 1.97 bits per heavy atom. The highest BCUT2D eigenvalue weighted by atomic mass is 19.4. The van der Waals surface area contributed by atoms with Crippen LogP contribution in [-0.2, 0) is 17.5 Å². The van der Waals surface area contributed by atoms with Gasteiger partial charge in [-0.2, -0.15) is 18.3 Å². The minimum absolute atomic E-state index is 0.0189. The van der Waals surface area contributed by atoms with Crippen molar-refractivity contribution in [2.24, 2.45) is 17.8 Å². The van der Waals surface area contributed by atoms with Gasteiger partial charge in [0, 0.05) is 41.8 Å². The Kier molecular flexibility index (Phi) is 7.09. The summed E-state index contributed by atoms with van der Waals surface area (Å²) in [4.78, 5) is 17.7. The van der Waals surface area contributed by atoms with Gasteiger partial charge in [-0.15, -0.1) is 0 Å². The Labute approximate surface area is 225 Å². The monoisotopic (exact) mass is 540 g/mol. The number of nitrogens with zero attached hydrogens (tertiary/aromatic N) is 3. The average Bonchev–Trinajstić information content (AvgIpc) is 3.52. The second kappa shape index (κ2) is 10.5. The van der Waals surface area contributed by atoms with Crippen molar-refractivity contribution >= 4 is 16.8 Å². The quantitative estimate of drug-likeness (QED) is 0.421. The molecule has 1 amide bonds. The summed E-state index contributed by atoms with van der Waals surface area (Å²) in [5.41, 5.74) is 8.93. The van der Waals surface area contributed by atoms with Crippen LogP contribution < -0.4 is 16.2 Å². The predicted molar refractivity (Wildman–Crippen MR) is 141 cm³/mol. The molecule has 0 bridgehead atoms. The predicted octanol–water partition coefficient (Wildman–Crippen LogP) is 5.07. The Morgan fingerprint density at radius 3 is 2.79 bits per heavy atom. The molecule has 2 aromatic heterocycles. The number of alkyl halides is 3. The molecule has 2 aliphatic carbocycles. The van der Waals surface area contributed by atoms with Crippen LogP contribution >= 0.6 is 0 Å². The summed E-state index contributed by atoms with van der Waals surface area (Å²) in [7, 11) is 0. The number of hydrogen-bond donors (Lipinski definition) is 3. The summed E-state index contributed by atoms with van der Waals surface area (Å²) in [6.07, 6.45) is 5.43. The smallest absolute Gasteiger partial charge is 0.353 e. The van der Waals surface area contributed by atoms with Gasteiger partial charge in [-0.05, 0) is 87.1 Å². The van der Waals surface area contributed by atoms with Gasteiger partial charge >= 0.3 is 6.18 Å². The van der Waals surface area contributed by atoms with Crippen molar-refractivity contribution < 1.29 is 18.0 Å². The molecule has 6 rings (SSSR count). The average molecular weight is 541 g/mol. The van der Waals surface area contributed by atoms with Crippen LogP contribution in [0.15, 0.2) is 42.7 Å². The molecule has 6 unspecified atom stereocenters. The van der Waals surface area contributed by atoms with Crippen molar-refractivity contribution in [2.45, 2.75) is 82.7 Å². The van der Waals surface area contributed by atoms with Crippen LogP contribution in [0.5, 0.6) is 0 Å². The largest absolute Gasteiger partial charge is 0.416 e. The summed E-state index contributed by atoms with van der Waals surface area (Å²) in [5, 5.41) is 8.43. The SMILES string of the molecule is Cc1cc(C2NNC3CCC(C(=O)NC4CCCC(Cn5ncc6ccc(C(F)(F)F)cc65)C4)CC32)ccn1. The highest BCUT2D eigenvalue weighted by Crippen LogP contribution is 2.41. The zero-order valence-corrected chi connectivity index (χ0v) is 22.0. The van der Waals surface area contributed by atoms with E-state index in [0.717, 1.165) is 56.7 Å². The van der Waals surface area contributed by atoms with Gasteiger partial charge < -0.3 is 5.32 Å². The molecule has 3 heterocycles. The van der Waals surface area contributed by atoms with Crippen LogP contribution in [0.4, 0.5) is 13.2 Å². The zero-order valence-electron chi connectivity index (χ0n) is 22.0. The zero-order chi connectivity index (χ0) is 27.1. The van der Waals surface area contributed by atoms with Gasteiger partial charge in [0.1, 0.15) is 0 Å². The summed E-state index contributed by atoms with van der Waals surface area (Å²) < 4.78 is 41.5. The van der Waals surface area contributed by atoms with E-state index in [-0.39, 0.29) is 29.8 Å². The van der Waals surface area contributed by atoms with Gasteiger partial charge in [0.15, 0.2) is 0 Å². The first kappa shape index (κ1) is 26.3. The number of aromatic nitrogens is 3. The van der Waals surface area contributed by atoms with E-state index in [9.17, 15) is 18.0 Å². The third kappa shape index (κ3) is 5.54. The van der Waals surface area contributed by atoms with Gasteiger partial charge in [0.25, 0.3) is 0 Å². The van der Waals surface area contributed by atoms with Crippen molar-refractivity contribution in [3.8, 4) is 0 Å². The molecule has 3 fully saturated rings. The minimum Gasteiger partial charge on any atom is -0.353 e. The number of benzene rings is 1. The number of fused-ring (bicyclic) bond motifs is 2. The molecular formula is C29H35F3N6O. The Bertz CT molecular complexity index is 1340. The fraction of sp³-hybridized carbons (Fsp3) is 0.552. The van der Waals surface area contributed by atoms with Gasteiger partial charge in [-0.3, -0.25) is 19.9 Å². The first-order chi connectivity index (χ1) is 18.7. The van der Waals surface area contributed by atoms with E-state index < -0.39 is 11.7 Å². The number of pyridine rings is 1. The third-order valence-electron chi connectivity index (χ3n) is 8.94. The highest BCUT2D eigenvalue weighted by molar-refractivity contribution is 5.80. The lowest BCUT2D eigenvalue weighted by Crippen LogP contribution is -2.45. The van der Waals surface area contributed by atoms with E-state index in [1.807, 2.05) is 19.2 Å². The minimum atomic E-state index is -4.38. The van der Waals surface area contributed by atoms with Crippen LogP contribution in [0.3, 0.4) is 0 Å². The number of aryl methyl sites for hydroxylation is 1. The summed E-state index contributed by atoms with van der Waals surface area (Å²) in [6, 6.07) is 8.53. The summed E-state index contributed by atoms with van der Waals surface area (Å²) in [6.45, 7) is 2.54. The molecule has 3 aliphatic rings. The standard InChI is InChI=1S/C29H35F3N6O/c1-17-11-19(9-10-33-17)27-24-13-20(6-8-25(24)36-37-27)28(39)35-23-4-2-3-18(12-23)16-38-26-14-22(29(30,31)32)7-5-21(26)15-34-38/h5,7,9-11,14-15,18,20,23-25,27,36-37H,2-4,6,8,12-13,16H2,1H3,(H,35,39). The normalized spacial score (nSPS) is 29.3. The summed E-state index contributed by atoms with van der Waals surface area (Å²) >= 11 is 0. The molecule has 1 aliphatic heterocycles. The number of carbonyl (C=O) groups excluding carboxylic acids is 1. The highest BCUT2D eigenvalue weighted by Gasteiger charge is 2.43. The molecule has 1 saturated heterocycles. The van der Waals surface area contributed by atoms with Crippen LogP contribution in [0.25, 0.3) is 10.9 Å². The molecular weight excluding hydrogens is 505 g/mol. The van der Waals surface area contributed by atoms with Gasteiger partial charge in [-0.25, -0.2) is 5.43 Å². The van der Waals surface area contributed by atoms with E-state index in [0.29, 0.717) is 29.4 Å². The molecule has 3 N–H and O–H groups in total. The number of amides is 1. The number of hydrazine groups is 1. The number of halogens is 3. The second-order valence-electron chi connectivity index (χ2n) is 11.6. The van der Waals surface area contributed by atoms with E-state index >= 15 is 0 Å². The maximum absolute atomic E-state index is 13.4. The van der Waals surface area contributed by atoms with Gasteiger partial charge in [-0.1, -0.05) is 12.5 Å². The molecule has 208 valence electrons. The van der Waals surface area contributed by atoms with Crippen molar-refractivity contribution in [3.63, 3.8) is 0 Å². The summed E-state index contributed by atoms with van der Waals surface area (Å²) in [5.74, 6) is 0.703. The maximum atomic E-state index is 13.4. The maximum Gasteiger partial charge on any atom is 0.416 e. The van der Waals surface area contributed by atoms with Crippen molar-refractivity contribution in [1.29, 1.82) is 0 Å². The van der Waals surface area contributed by atoms with Crippen molar-refractivity contribution in [1.82, 2.24) is 30.9 Å². The number of nitrogens with one attached hydrogen (secondary N) is 3. The van der Waals surface area contributed by atoms with Crippen LogP contribution in [0, 0.1) is 24.7 Å². The van der Waals surface area contributed by atoms with Crippen LogP contribution in [0.1, 0.15) is 67.8 Å². The lowest BCUT2D eigenvalue weighted by molar-refractivity contribution is -0.137. The first-order valence-electron chi connectivity index (χ1n) is 14.0. The fourth-order valence-corrected chi connectivity index (χ4v) is 6.93. The van der Waals surface area contributed by atoms with E-state index in [1.165, 1.54) is 17.7 Å². The molecule has 6 atom stereocenters. The van der Waals surface area contributed by atoms with Crippen LogP contribution in [-0.4, -0.2) is 32.8 Å². The molecule has 10 heteroatoms. The van der Waals surface area contributed by atoms with Gasteiger partial charge in [0.05, 0.1) is 23.3 Å². The topological polar surface area (TPSA) is 83.9 Å². The second-order valence-corrected chi connectivity index (χ2v) is 11.6. The molecule has 2 saturated carbocycles. The number of rotatable bonds is 5. The van der Waals surface area contributed by atoms with E-state index in [4.69, 9.17) is 0 Å².